The highest BCUT2D eigenvalue weighted by atomic mass is 14.4. The maximum absolute atomic E-state index is 2.44. The first-order valence-corrected chi connectivity index (χ1v) is 5.36. The van der Waals surface area contributed by atoms with Gasteiger partial charge >= 0.3 is 0 Å². The Morgan fingerprint density at radius 1 is 0.818 bits per heavy atom. The minimum Gasteiger partial charge on any atom is -0.0625 e. The molecule has 64 valence electrons. The minimum atomic E-state index is 1.04. The minimum absolute atomic E-state index is 1.04. The monoisotopic (exact) mass is 152 g/mol. The van der Waals surface area contributed by atoms with E-state index in [9.17, 15) is 0 Å². The first-order chi connectivity index (χ1) is 5.36. The van der Waals surface area contributed by atoms with Crippen molar-refractivity contribution in [1.82, 2.24) is 0 Å². The molecule has 2 aliphatic carbocycles. The molecule has 0 aromatic rings. The molecule has 2 saturated carbocycles. The summed E-state index contributed by atoms with van der Waals surface area (Å²) in [6.07, 6.45) is 10.8. The topological polar surface area (TPSA) is 0 Å². The third-order valence-corrected chi connectivity index (χ3v) is 3.80. The van der Waals surface area contributed by atoms with E-state index in [0.717, 1.165) is 17.8 Å². The van der Waals surface area contributed by atoms with Crippen LogP contribution in [0.2, 0.25) is 0 Å². The van der Waals surface area contributed by atoms with Crippen LogP contribution in [0.25, 0.3) is 0 Å². The summed E-state index contributed by atoms with van der Waals surface area (Å²) in [6.45, 7) is 2.44. The third-order valence-electron chi connectivity index (χ3n) is 3.80. The Morgan fingerprint density at radius 3 is 2.36 bits per heavy atom. The van der Waals surface area contributed by atoms with Gasteiger partial charge in [-0.2, -0.15) is 0 Å². The molecule has 0 heterocycles. The lowest BCUT2D eigenvalue weighted by atomic mass is 9.68. The second-order valence-corrected chi connectivity index (χ2v) is 4.72. The summed E-state index contributed by atoms with van der Waals surface area (Å²) in [5.41, 5.74) is 0. The largest absolute Gasteiger partial charge is 0.0625 e. The van der Waals surface area contributed by atoms with Gasteiger partial charge in [0, 0.05) is 0 Å². The molecule has 0 spiro atoms. The van der Waals surface area contributed by atoms with Crippen LogP contribution >= 0.6 is 0 Å². The van der Waals surface area contributed by atoms with Gasteiger partial charge in [-0.05, 0) is 30.6 Å². The van der Waals surface area contributed by atoms with Gasteiger partial charge in [0.25, 0.3) is 0 Å². The molecule has 2 aliphatic rings. The highest BCUT2D eigenvalue weighted by Crippen LogP contribution is 2.42. The Morgan fingerprint density at radius 2 is 1.55 bits per heavy atom. The van der Waals surface area contributed by atoms with Gasteiger partial charge in [0.2, 0.25) is 0 Å². The van der Waals surface area contributed by atoms with Crippen molar-refractivity contribution in [3.05, 3.63) is 0 Å². The van der Waals surface area contributed by atoms with E-state index < -0.39 is 0 Å². The average Bonchev–Trinajstić information content (AvgIpc) is 2.04. The maximum atomic E-state index is 2.44. The van der Waals surface area contributed by atoms with E-state index >= 15 is 0 Å². The Bertz CT molecular complexity index is 128. The van der Waals surface area contributed by atoms with Gasteiger partial charge in [0.1, 0.15) is 0 Å². The molecule has 0 amide bonds. The highest BCUT2D eigenvalue weighted by molar-refractivity contribution is 4.81. The molecule has 2 rings (SSSR count). The fourth-order valence-corrected chi connectivity index (χ4v) is 3.11. The van der Waals surface area contributed by atoms with Gasteiger partial charge in [-0.25, -0.2) is 0 Å². The first-order valence-electron chi connectivity index (χ1n) is 5.36. The summed E-state index contributed by atoms with van der Waals surface area (Å²) in [4.78, 5) is 0. The van der Waals surface area contributed by atoms with Crippen molar-refractivity contribution >= 4 is 0 Å². The van der Waals surface area contributed by atoms with E-state index in [1.54, 1.807) is 25.7 Å². The summed E-state index contributed by atoms with van der Waals surface area (Å²) in [6, 6.07) is 0. The number of fused-ring (bicyclic) bond motifs is 1. The first kappa shape index (κ1) is 7.64. The third kappa shape index (κ3) is 1.60. The van der Waals surface area contributed by atoms with Gasteiger partial charge in [-0.3, -0.25) is 0 Å². The fraction of sp³-hybridized carbons (Fsp3) is 1.00. The average molecular weight is 152 g/mol. The molecule has 2 fully saturated rings. The van der Waals surface area contributed by atoms with Crippen molar-refractivity contribution in [2.75, 3.05) is 0 Å². The van der Waals surface area contributed by atoms with Crippen LogP contribution in [0, 0.1) is 17.8 Å². The second kappa shape index (κ2) is 3.16. The lowest BCUT2D eigenvalue weighted by Gasteiger charge is -2.38. The summed E-state index contributed by atoms with van der Waals surface area (Å²) in [5, 5.41) is 0. The Labute approximate surface area is 70.4 Å². The molecule has 0 aromatic carbocycles. The Kier molecular flexibility index (Phi) is 2.20. The van der Waals surface area contributed by atoms with Crippen LogP contribution in [0.15, 0.2) is 0 Å². The molecule has 0 aliphatic heterocycles. The summed E-state index contributed by atoms with van der Waals surface area (Å²) < 4.78 is 0. The van der Waals surface area contributed by atoms with E-state index in [1.165, 1.54) is 19.3 Å². The molecule has 1 unspecified atom stereocenters. The Balaban J connectivity index is 1.93. The van der Waals surface area contributed by atoms with Crippen LogP contribution < -0.4 is 0 Å². The molecule has 0 saturated heterocycles. The van der Waals surface area contributed by atoms with Crippen molar-refractivity contribution in [3.63, 3.8) is 0 Å². The molecule has 3 atom stereocenters. The molecule has 0 N–H and O–H groups in total. The lowest BCUT2D eigenvalue weighted by Crippen LogP contribution is -2.26. The number of rotatable bonds is 0. The van der Waals surface area contributed by atoms with Crippen LogP contribution in [0.5, 0.6) is 0 Å². The zero-order valence-corrected chi connectivity index (χ0v) is 7.68. The molecular weight excluding hydrogens is 132 g/mol. The predicted octanol–water partition coefficient (Wildman–Crippen LogP) is 3.61. The molecule has 0 radical (unpaired) electrons. The second-order valence-electron chi connectivity index (χ2n) is 4.72. The summed E-state index contributed by atoms with van der Waals surface area (Å²) >= 11 is 0. The van der Waals surface area contributed by atoms with E-state index in [0.29, 0.717) is 0 Å². The SMILES string of the molecule is C[C@@H]1CC[C@@H]2CCCCC2C1. The van der Waals surface area contributed by atoms with Gasteiger partial charge in [0.15, 0.2) is 0 Å². The van der Waals surface area contributed by atoms with Crippen molar-refractivity contribution in [2.24, 2.45) is 17.8 Å². The van der Waals surface area contributed by atoms with E-state index in [1.807, 2.05) is 0 Å². The van der Waals surface area contributed by atoms with Gasteiger partial charge < -0.3 is 0 Å². The van der Waals surface area contributed by atoms with Gasteiger partial charge in [-0.1, -0.05) is 39.0 Å². The molecule has 11 heavy (non-hydrogen) atoms. The predicted molar refractivity (Wildman–Crippen MR) is 48.5 cm³/mol. The van der Waals surface area contributed by atoms with Crippen LogP contribution in [-0.4, -0.2) is 0 Å². The summed E-state index contributed by atoms with van der Waals surface area (Å²) in [5.74, 6) is 3.31. The summed E-state index contributed by atoms with van der Waals surface area (Å²) in [7, 11) is 0. The van der Waals surface area contributed by atoms with E-state index in [-0.39, 0.29) is 0 Å². The van der Waals surface area contributed by atoms with Crippen LogP contribution in [-0.2, 0) is 0 Å². The van der Waals surface area contributed by atoms with Crippen molar-refractivity contribution < 1.29 is 0 Å². The van der Waals surface area contributed by atoms with Crippen LogP contribution in [0.4, 0.5) is 0 Å². The maximum Gasteiger partial charge on any atom is -0.0383 e. The smallest absolute Gasteiger partial charge is 0.0383 e. The normalized spacial score (nSPS) is 45.0. The number of hydrogen-bond donors (Lipinski definition) is 0. The van der Waals surface area contributed by atoms with Crippen molar-refractivity contribution in [2.45, 2.75) is 51.9 Å². The van der Waals surface area contributed by atoms with Crippen LogP contribution in [0.1, 0.15) is 51.9 Å². The molecule has 0 heteroatoms. The van der Waals surface area contributed by atoms with Gasteiger partial charge in [0.05, 0.1) is 0 Å². The zero-order chi connectivity index (χ0) is 7.68. The standard InChI is InChI=1S/C11H20/c1-9-6-7-10-4-2-3-5-11(10)8-9/h9-11H,2-8H2,1H3/t9-,10+,11?/m1/s1. The van der Waals surface area contributed by atoms with Crippen LogP contribution in [0.3, 0.4) is 0 Å². The molecule has 0 nitrogen and oxygen atoms in total. The van der Waals surface area contributed by atoms with Crippen molar-refractivity contribution in [3.8, 4) is 0 Å². The highest BCUT2D eigenvalue weighted by Gasteiger charge is 2.29. The molecule has 0 aromatic heterocycles. The van der Waals surface area contributed by atoms with E-state index in [4.69, 9.17) is 0 Å². The fourth-order valence-electron chi connectivity index (χ4n) is 3.11. The van der Waals surface area contributed by atoms with Gasteiger partial charge in [-0.15, -0.1) is 0 Å². The quantitative estimate of drug-likeness (QED) is 0.497. The zero-order valence-electron chi connectivity index (χ0n) is 7.68. The molecule has 0 bridgehead atoms. The Hall–Kier alpha value is 0. The lowest BCUT2D eigenvalue weighted by molar-refractivity contribution is 0.137. The number of hydrogen-bond acceptors (Lipinski definition) is 0. The van der Waals surface area contributed by atoms with E-state index in [2.05, 4.69) is 6.92 Å². The molecular formula is C11H20. The van der Waals surface area contributed by atoms with Crippen molar-refractivity contribution in [1.29, 1.82) is 0 Å².